The quantitative estimate of drug-likeness (QED) is 0.597. The molecule has 0 fully saturated rings. The minimum atomic E-state index is 0.434. The van der Waals surface area contributed by atoms with Crippen LogP contribution in [0.25, 0.3) is 0 Å². The number of anilines is 1. The van der Waals surface area contributed by atoms with Gasteiger partial charge < -0.3 is 10.5 Å². The molecule has 3 nitrogen and oxygen atoms in total. The topological polar surface area (TPSA) is 48.1 Å². The number of ether oxygens (including phenoxy) is 1. The van der Waals surface area contributed by atoms with E-state index in [1.807, 2.05) is 0 Å². The zero-order valence-corrected chi connectivity index (χ0v) is 7.92. The lowest BCUT2D eigenvalue weighted by Crippen LogP contribution is -2.00. The highest BCUT2D eigenvalue weighted by atomic mass is 35.5. The Balaban J connectivity index is 2.69. The molecule has 0 aliphatic carbocycles. The van der Waals surface area contributed by atoms with Crippen LogP contribution in [0.4, 0.5) is 5.69 Å². The molecule has 0 spiro atoms. The van der Waals surface area contributed by atoms with Crippen LogP contribution in [0.5, 0.6) is 5.75 Å². The van der Waals surface area contributed by atoms with Gasteiger partial charge in [-0.3, -0.25) is 4.98 Å². The number of aromatic nitrogens is 1. The summed E-state index contributed by atoms with van der Waals surface area (Å²) < 4.78 is 5.34. The van der Waals surface area contributed by atoms with Crippen molar-refractivity contribution in [3.63, 3.8) is 0 Å². The fraction of sp³-hybridized carbons (Fsp3) is 0.222. The Bertz CT molecular complexity index is 281. The molecule has 0 atom stereocenters. The van der Waals surface area contributed by atoms with Gasteiger partial charge in [-0.15, -0.1) is 6.58 Å². The molecule has 13 heavy (non-hydrogen) atoms. The summed E-state index contributed by atoms with van der Waals surface area (Å²) in [7, 11) is 0. The molecule has 1 aromatic heterocycles. The number of pyridine rings is 1. The summed E-state index contributed by atoms with van der Waals surface area (Å²) in [5.41, 5.74) is 6.06. The summed E-state index contributed by atoms with van der Waals surface area (Å²) in [6.45, 7) is 4.11. The van der Waals surface area contributed by atoms with Crippen molar-refractivity contribution in [3.05, 3.63) is 30.1 Å². The van der Waals surface area contributed by atoms with Gasteiger partial charge in [0, 0.05) is 6.20 Å². The number of nitrogens with zero attached hydrogens (tertiary/aromatic N) is 1. The lowest BCUT2D eigenvalue weighted by molar-refractivity contribution is 0.326. The Kier molecular flexibility index (Phi) is 3.58. The minimum absolute atomic E-state index is 0.434. The maximum absolute atomic E-state index is 5.82. The van der Waals surface area contributed by atoms with Crippen molar-refractivity contribution < 1.29 is 4.74 Å². The summed E-state index contributed by atoms with van der Waals surface area (Å²) in [4.78, 5) is 3.82. The molecule has 0 aliphatic rings. The highest BCUT2D eigenvalue weighted by Crippen LogP contribution is 2.29. The molecule has 0 saturated carbocycles. The first-order valence-corrected chi connectivity index (χ1v) is 4.26. The number of nitrogen functional groups attached to an aromatic ring is 1. The standard InChI is InChI=1S/C9H11ClN2O/c1-2-3-4-13-9-7(10)5-12-6-8(9)11/h2,5-6H,1,3-4,11H2. The predicted molar refractivity (Wildman–Crippen MR) is 54.0 cm³/mol. The third-order valence-corrected chi connectivity index (χ3v) is 1.72. The second kappa shape index (κ2) is 4.72. The number of nitrogens with two attached hydrogens (primary N) is 1. The van der Waals surface area contributed by atoms with Crippen molar-refractivity contribution in [3.8, 4) is 5.75 Å². The van der Waals surface area contributed by atoms with Gasteiger partial charge in [-0.25, -0.2) is 0 Å². The largest absolute Gasteiger partial charge is 0.489 e. The molecular weight excluding hydrogens is 188 g/mol. The van der Waals surface area contributed by atoms with Crippen LogP contribution in [0.3, 0.4) is 0 Å². The summed E-state index contributed by atoms with van der Waals surface area (Å²) >= 11 is 5.82. The van der Waals surface area contributed by atoms with Crippen LogP contribution in [0.2, 0.25) is 5.02 Å². The van der Waals surface area contributed by atoms with Crippen molar-refractivity contribution in [1.29, 1.82) is 0 Å². The monoisotopic (exact) mass is 198 g/mol. The van der Waals surface area contributed by atoms with E-state index in [-0.39, 0.29) is 0 Å². The van der Waals surface area contributed by atoms with Gasteiger partial charge in [0.2, 0.25) is 0 Å². The van der Waals surface area contributed by atoms with E-state index in [2.05, 4.69) is 11.6 Å². The Morgan fingerprint density at radius 2 is 2.38 bits per heavy atom. The molecule has 4 heteroatoms. The van der Waals surface area contributed by atoms with Crippen molar-refractivity contribution in [1.82, 2.24) is 4.98 Å². The van der Waals surface area contributed by atoms with Gasteiger partial charge >= 0.3 is 0 Å². The van der Waals surface area contributed by atoms with Crippen LogP contribution in [-0.2, 0) is 0 Å². The number of halogens is 1. The molecule has 0 bridgehead atoms. The molecule has 1 rings (SSSR count). The highest BCUT2D eigenvalue weighted by molar-refractivity contribution is 6.32. The maximum Gasteiger partial charge on any atom is 0.163 e. The molecule has 0 saturated heterocycles. The van der Waals surface area contributed by atoms with Gasteiger partial charge in [0.1, 0.15) is 5.02 Å². The zero-order valence-electron chi connectivity index (χ0n) is 7.16. The van der Waals surface area contributed by atoms with E-state index in [1.165, 1.54) is 12.4 Å². The molecule has 2 N–H and O–H groups in total. The van der Waals surface area contributed by atoms with Crippen LogP contribution in [-0.4, -0.2) is 11.6 Å². The van der Waals surface area contributed by atoms with Crippen LogP contribution in [0.1, 0.15) is 6.42 Å². The molecular formula is C9H11ClN2O. The first kappa shape index (κ1) is 9.86. The van der Waals surface area contributed by atoms with Gasteiger partial charge in [0.25, 0.3) is 0 Å². The van der Waals surface area contributed by atoms with E-state index in [9.17, 15) is 0 Å². The van der Waals surface area contributed by atoms with Gasteiger partial charge in [0.15, 0.2) is 5.75 Å². The first-order valence-electron chi connectivity index (χ1n) is 3.88. The van der Waals surface area contributed by atoms with E-state index >= 15 is 0 Å². The Labute approximate surface area is 82.2 Å². The van der Waals surface area contributed by atoms with E-state index in [0.29, 0.717) is 23.1 Å². The van der Waals surface area contributed by atoms with Gasteiger partial charge in [-0.05, 0) is 6.42 Å². The number of rotatable bonds is 4. The summed E-state index contributed by atoms with van der Waals surface area (Å²) in [5, 5.41) is 0.434. The van der Waals surface area contributed by atoms with Crippen molar-refractivity contribution >= 4 is 17.3 Å². The average molecular weight is 199 g/mol. The second-order valence-electron chi connectivity index (χ2n) is 2.47. The van der Waals surface area contributed by atoms with Gasteiger partial charge in [0.05, 0.1) is 18.5 Å². The fourth-order valence-corrected chi connectivity index (χ4v) is 1.05. The van der Waals surface area contributed by atoms with E-state index in [0.717, 1.165) is 6.42 Å². The Hall–Kier alpha value is -1.22. The van der Waals surface area contributed by atoms with Crippen molar-refractivity contribution in [2.24, 2.45) is 0 Å². The third kappa shape index (κ3) is 2.63. The maximum atomic E-state index is 5.82. The molecule has 0 radical (unpaired) electrons. The molecule has 0 unspecified atom stereocenters. The van der Waals surface area contributed by atoms with Crippen molar-refractivity contribution in [2.45, 2.75) is 6.42 Å². The van der Waals surface area contributed by atoms with Gasteiger partial charge in [-0.2, -0.15) is 0 Å². The van der Waals surface area contributed by atoms with E-state index in [4.69, 9.17) is 22.1 Å². The Morgan fingerprint density at radius 1 is 1.62 bits per heavy atom. The minimum Gasteiger partial charge on any atom is -0.489 e. The fourth-order valence-electron chi connectivity index (χ4n) is 0.835. The number of hydrogen-bond acceptors (Lipinski definition) is 3. The smallest absolute Gasteiger partial charge is 0.163 e. The zero-order chi connectivity index (χ0) is 9.68. The van der Waals surface area contributed by atoms with Crippen LogP contribution in [0.15, 0.2) is 25.0 Å². The van der Waals surface area contributed by atoms with Gasteiger partial charge in [-0.1, -0.05) is 17.7 Å². The van der Waals surface area contributed by atoms with E-state index < -0.39 is 0 Å². The van der Waals surface area contributed by atoms with Crippen LogP contribution >= 0.6 is 11.6 Å². The van der Waals surface area contributed by atoms with Crippen molar-refractivity contribution in [2.75, 3.05) is 12.3 Å². The predicted octanol–water partition coefficient (Wildman–Crippen LogP) is 2.27. The summed E-state index contributed by atoms with van der Waals surface area (Å²) in [6, 6.07) is 0. The molecule has 0 aromatic carbocycles. The summed E-state index contributed by atoms with van der Waals surface area (Å²) in [5.74, 6) is 0.499. The lowest BCUT2D eigenvalue weighted by atomic mass is 10.4. The molecule has 1 aromatic rings. The number of hydrogen-bond donors (Lipinski definition) is 1. The molecule has 0 aliphatic heterocycles. The highest BCUT2D eigenvalue weighted by Gasteiger charge is 2.05. The molecule has 0 amide bonds. The third-order valence-electron chi connectivity index (χ3n) is 1.45. The van der Waals surface area contributed by atoms with Crippen LogP contribution in [0, 0.1) is 0 Å². The summed E-state index contributed by atoms with van der Waals surface area (Å²) in [6.07, 6.45) is 5.54. The Morgan fingerprint density at radius 3 is 3.00 bits per heavy atom. The van der Waals surface area contributed by atoms with Crippen LogP contribution < -0.4 is 10.5 Å². The molecule has 1 heterocycles. The average Bonchev–Trinajstić information content (AvgIpc) is 2.10. The lowest BCUT2D eigenvalue weighted by Gasteiger charge is -2.08. The second-order valence-corrected chi connectivity index (χ2v) is 2.87. The van der Waals surface area contributed by atoms with E-state index in [1.54, 1.807) is 6.08 Å². The first-order chi connectivity index (χ1) is 6.25. The normalized spacial score (nSPS) is 9.62. The molecule has 70 valence electrons. The SMILES string of the molecule is C=CCCOc1c(N)cncc1Cl.